The molecule has 3 heteroatoms. The molecular formula is C15H20N2O. The molecule has 0 saturated heterocycles. The van der Waals surface area contributed by atoms with E-state index >= 15 is 0 Å². The summed E-state index contributed by atoms with van der Waals surface area (Å²) >= 11 is 0. The third-order valence-corrected chi connectivity index (χ3v) is 3.23. The van der Waals surface area contributed by atoms with E-state index in [2.05, 4.69) is 12.0 Å². The fraction of sp³-hybridized carbons (Fsp3) is 0.400. The summed E-state index contributed by atoms with van der Waals surface area (Å²) in [6.07, 6.45) is 0.145. The zero-order chi connectivity index (χ0) is 13.1. The van der Waals surface area contributed by atoms with Gasteiger partial charge in [0.25, 0.3) is 0 Å². The van der Waals surface area contributed by atoms with Gasteiger partial charge in [-0.2, -0.15) is 5.10 Å². The third kappa shape index (κ3) is 2.62. The molecule has 2 aromatic rings. The molecule has 1 aromatic carbocycles. The number of benzene rings is 1. The average Bonchev–Trinajstić information content (AvgIpc) is 2.70. The number of aliphatic hydroxyl groups excluding tert-OH is 1. The summed E-state index contributed by atoms with van der Waals surface area (Å²) in [4.78, 5) is 0. The van der Waals surface area contributed by atoms with E-state index in [9.17, 15) is 5.11 Å². The number of aryl methyl sites for hydroxylation is 3. The fourth-order valence-electron chi connectivity index (χ4n) is 2.31. The van der Waals surface area contributed by atoms with Gasteiger partial charge in [0.05, 0.1) is 11.8 Å². The molecule has 0 amide bonds. The van der Waals surface area contributed by atoms with Crippen LogP contribution in [0.1, 0.15) is 35.5 Å². The molecule has 1 atom stereocenters. The Balaban J connectivity index is 2.21. The first kappa shape index (κ1) is 12.8. The maximum Gasteiger partial charge on any atom is 0.0847 e. The van der Waals surface area contributed by atoms with Gasteiger partial charge in [0, 0.05) is 18.7 Å². The zero-order valence-corrected chi connectivity index (χ0v) is 11.2. The number of aromatic nitrogens is 2. The Labute approximate surface area is 108 Å². The summed E-state index contributed by atoms with van der Waals surface area (Å²) in [7, 11) is 0. The molecule has 3 nitrogen and oxygen atoms in total. The summed E-state index contributed by atoms with van der Waals surface area (Å²) in [5, 5.41) is 14.7. The maximum absolute atomic E-state index is 10.3. The van der Waals surface area contributed by atoms with Gasteiger partial charge in [-0.1, -0.05) is 24.3 Å². The first-order valence-electron chi connectivity index (χ1n) is 6.38. The number of aliphatic hydroxyl groups is 1. The van der Waals surface area contributed by atoms with Crippen molar-refractivity contribution in [1.29, 1.82) is 0 Å². The van der Waals surface area contributed by atoms with Crippen molar-refractivity contribution in [2.24, 2.45) is 0 Å². The largest absolute Gasteiger partial charge is 0.388 e. The quantitative estimate of drug-likeness (QED) is 0.898. The zero-order valence-electron chi connectivity index (χ0n) is 11.2. The molecule has 0 saturated carbocycles. The Morgan fingerprint density at radius 1 is 1.28 bits per heavy atom. The smallest absolute Gasteiger partial charge is 0.0847 e. The van der Waals surface area contributed by atoms with E-state index in [0.717, 1.165) is 29.1 Å². The molecule has 1 N–H and O–H groups in total. The highest BCUT2D eigenvalue weighted by atomic mass is 16.3. The average molecular weight is 244 g/mol. The summed E-state index contributed by atoms with van der Waals surface area (Å²) in [5.41, 5.74) is 4.22. The SMILES string of the molecule is CCn1nc(C)cc1CC(O)c1ccccc1C. The molecule has 0 aliphatic rings. The molecule has 0 radical (unpaired) electrons. The van der Waals surface area contributed by atoms with Crippen LogP contribution >= 0.6 is 0 Å². The fourth-order valence-corrected chi connectivity index (χ4v) is 2.31. The second-order valence-corrected chi connectivity index (χ2v) is 4.67. The molecule has 0 bridgehead atoms. The van der Waals surface area contributed by atoms with E-state index in [-0.39, 0.29) is 0 Å². The van der Waals surface area contributed by atoms with Crippen molar-refractivity contribution < 1.29 is 5.11 Å². The highest BCUT2D eigenvalue weighted by molar-refractivity contribution is 5.28. The molecule has 96 valence electrons. The van der Waals surface area contributed by atoms with Crippen molar-refractivity contribution in [3.05, 3.63) is 52.8 Å². The normalized spacial score (nSPS) is 12.7. The lowest BCUT2D eigenvalue weighted by molar-refractivity contribution is 0.174. The molecule has 18 heavy (non-hydrogen) atoms. The van der Waals surface area contributed by atoms with Gasteiger partial charge >= 0.3 is 0 Å². The van der Waals surface area contributed by atoms with E-state index in [4.69, 9.17) is 0 Å². The lowest BCUT2D eigenvalue weighted by Crippen LogP contribution is -2.09. The highest BCUT2D eigenvalue weighted by Crippen LogP contribution is 2.21. The van der Waals surface area contributed by atoms with Gasteiger partial charge in [-0.15, -0.1) is 0 Å². The Hall–Kier alpha value is -1.61. The Morgan fingerprint density at radius 3 is 2.67 bits per heavy atom. The molecule has 1 aromatic heterocycles. The van der Waals surface area contributed by atoms with Gasteiger partial charge in [-0.05, 0) is 38.0 Å². The van der Waals surface area contributed by atoms with Crippen molar-refractivity contribution in [3.8, 4) is 0 Å². The van der Waals surface area contributed by atoms with Gasteiger partial charge in [-0.3, -0.25) is 4.68 Å². The molecule has 1 unspecified atom stereocenters. The van der Waals surface area contributed by atoms with Crippen molar-refractivity contribution in [3.63, 3.8) is 0 Å². The van der Waals surface area contributed by atoms with Crippen molar-refractivity contribution in [1.82, 2.24) is 9.78 Å². The van der Waals surface area contributed by atoms with E-state index in [0.29, 0.717) is 6.42 Å². The lowest BCUT2D eigenvalue weighted by Gasteiger charge is -2.14. The second-order valence-electron chi connectivity index (χ2n) is 4.67. The van der Waals surface area contributed by atoms with Crippen LogP contribution in [-0.4, -0.2) is 14.9 Å². The van der Waals surface area contributed by atoms with Crippen LogP contribution in [0, 0.1) is 13.8 Å². The minimum absolute atomic E-state index is 0.465. The Bertz CT molecular complexity index is 531. The van der Waals surface area contributed by atoms with Crippen LogP contribution in [0.4, 0.5) is 0 Å². The Kier molecular flexibility index (Phi) is 3.82. The van der Waals surface area contributed by atoms with Crippen molar-refractivity contribution in [2.75, 3.05) is 0 Å². The van der Waals surface area contributed by atoms with Gasteiger partial charge in [0.15, 0.2) is 0 Å². The second kappa shape index (κ2) is 5.36. The van der Waals surface area contributed by atoms with Crippen molar-refractivity contribution in [2.45, 2.75) is 39.8 Å². The molecule has 0 aliphatic carbocycles. The monoisotopic (exact) mass is 244 g/mol. The van der Waals surface area contributed by atoms with E-state index in [1.54, 1.807) is 0 Å². The van der Waals surface area contributed by atoms with Crippen LogP contribution in [0.15, 0.2) is 30.3 Å². The minimum atomic E-state index is -0.465. The third-order valence-electron chi connectivity index (χ3n) is 3.23. The predicted molar refractivity (Wildman–Crippen MR) is 72.5 cm³/mol. The topological polar surface area (TPSA) is 38.0 Å². The summed E-state index contributed by atoms with van der Waals surface area (Å²) < 4.78 is 1.96. The van der Waals surface area contributed by atoms with Crippen molar-refractivity contribution >= 4 is 0 Å². The Morgan fingerprint density at radius 2 is 2.00 bits per heavy atom. The number of nitrogens with zero attached hydrogens (tertiary/aromatic N) is 2. The summed E-state index contributed by atoms with van der Waals surface area (Å²) in [6.45, 7) is 6.91. The van der Waals surface area contributed by atoms with Gasteiger partial charge in [-0.25, -0.2) is 0 Å². The van der Waals surface area contributed by atoms with Gasteiger partial charge < -0.3 is 5.11 Å². The number of hydrogen-bond donors (Lipinski definition) is 1. The van der Waals surface area contributed by atoms with Crippen LogP contribution in [-0.2, 0) is 13.0 Å². The standard InChI is InChI=1S/C15H20N2O/c1-4-17-13(9-12(3)16-17)10-15(18)14-8-6-5-7-11(14)2/h5-9,15,18H,4,10H2,1-3H3. The van der Waals surface area contributed by atoms with Gasteiger partial charge in [0.1, 0.15) is 0 Å². The number of rotatable bonds is 4. The van der Waals surface area contributed by atoms with Crippen LogP contribution in [0.25, 0.3) is 0 Å². The highest BCUT2D eigenvalue weighted by Gasteiger charge is 2.14. The van der Waals surface area contributed by atoms with Gasteiger partial charge in [0.2, 0.25) is 0 Å². The molecule has 0 spiro atoms. The molecular weight excluding hydrogens is 224 g/mol. The van der Waals surface area contributed by atoms with E-state index in [1.807, 2.05) is 48.9 Å². The first-order valence-corrected chi connectivity index (χ1v) is 6.38. The number of hydrogen-bond acceptors (Lipinski definition) is 2. The predicted octanol–water partition coefficient (Wildman–Crippen LogP) is 2.80. The summed E-state index contributed by atoms with van der Waals surface area (Å²) in [5.74, 6) is 0. The molecule has 0 aliphatic heterocycles. The van der Waals surface area contributed by atoms with Crippen LogP contribution in [0.2, 0.25) is 0 Å². The lowest BCUT2D eigenvalue weighted by atomic mass is 10.00. The minimum Gasteiger partial charge on any atom is -0.388 e. The van der Waals surface area contributed by atoms with E-state index in [1.165, 1.54) is 0 Å². The van der Waals surface area contributed by atoms with Crippen LogP contribution in [0.3, 0.4) is 0 Å². The summed E-state index contributed by atoms with van der Waals surface area (Å²) in [6, 6.07) is 10.0. The van der Waals surface area contributed by atoms with Crippen LogP contribution < -0.4 is 0 Å². The van der Waals surface area contributed by atoms with Crippen LogP contribution in [0.5, 0.6) is 0 Å². The molecule has 1 heterocycles. The molecule has 0 fully saturated rings. The van der Waals surface area contributed by atoms with E-state index < -0.39 is 6.10 Å². The maximum atomic E-state index is 10.3. The first-order chi connectivity index (χ1) is 8.61. The molecule has 2 rings (SSSR count).